The van der Waals surface area contributed by atoms with Gasteiger partial charge in [0.2, 0.25) is 5.91 Å². The van der Waals surface area contributed by atoms with Crippen LogP contribution in [0.15, 0.2) is 53.5 Å². The van der Waals surface area contributed by atoms with Crippen LogP contribution < -0.4 is 20.7 Å². The van der Waals surface area contributed by atoms with E-state index in [2.05, 4.69) is 39.1 Å². The number of nitrogens with one attached hydrogen (secondary N) is 3. The number of para-hydroxylation sites is 1. The van der Waals surface area contributed by atoms with E-state index in [-0.39, 0.29) is 11.8 Å². The molecule has 28 heavy (non-hydrogen) atoms. The minimum Gasteiger partial charge on any atom is -0.497 e. The van der Waals surface area contributed by atoms with E-state index in [1.54, 1.807) is 14.2 Å². The second kappa shape index (κ2) is 9.78. The van der Waals surface area contributed by atoms with Gasteiger partial charge in [0, 0.05) is 38.2 Å². The molecule has 1 aliphatic rings. The molecular formula is C22H28N4O2. The molecule has 1 unspecified atom stereocenters. The van der Waals surface area contributed by atoms with Gasteiger partial charge in [-0.25, -0.2) is 0 Å². The number of anilines is 1. The van der Waals surface area contributed by atoms with Gasteiger partial charge in [-0.1, -0.05) is 30.3 Å². The highest BCUT2D eigenvalue weighted by atomic mass is 16.5. The average molecular weight is 380 g/mol. The fourth-order valence-electron chi connectivity index (χ4n) is 3.42. The molecule has 148 valence electrons. The van der Waals surface area contributed by atoms with E-state index >= 15 is 0 Å². The fraction of sp³-hybridized carbons (Fsp3) is 0.364. The Labute approximate surface area is 166 Å². The van der Waals surface area contributed by atoms with Crippen LogP contribution in [0.3, 0.4) is 0 Å². The molecule has 1 amide bonds. The van der Waals surface area contributed by atoms with Crippen LogP contribution in [0.2, 0.25) is 0 Å². The standard InChI is InChI=1S/C22H28N4O2/c1-23-22(24-13-5-6-16-9-11-18(28-2)12-10-16)25-15-17-14-21(27)26-20-8-4-3-7-19(17)20/h3-4,7-12,17H,5-6,13-15H2,1-2H3,(H,26,27)(H2,23,24,25). The Balaban J connectivity index is 1.44. The highest BCUT2D eigenvalue weighted by Gasteiger charge is 2.24. The molecule has 1 aliphatic heterocycles. The maximum atomic E-state index is 11.9. The molecule has 0 fully saturated rings. The molecule has 3 N–H and O–H groups in total. The molecule has 6 heteroatoms. The van der Waals surface area contributed by atoms with Crippen molar-refractivity contribution in [3.8, 4) is 5.75 Å². The Morgan fingerprint density at radius 1 is 1.18 bits per heavy atom. The summed E-state index contributed by atoms with van der Waals surface area (Å²) < 4.78 is 5.18. The van der Waals surface area contributed by atoms with Crippen LogP contribution in [-0.4, -0.2) is 39.1 Å². The predicted molar refractivity (Wildman–Crippen MR) is 113 cm³/mol. The summed E-state index contributed by atoms with van der Waals surface area (Å²) >= 11 is 0. The van der Waals surface area contributed by atoms with Gasteiger partial charge in [0.05, 0.1) is 7.11 Å². The highest BCUT2D eigenvalue weighted by Crippen LogP contribution is 2.31. The minimum absolute atomic E-state index is 0.0629. The number of hydrogen-bond acceptors (Lipinski definition) is 3. The molecule has 1 heterocycles. The molecule has 0 saturated heterocycles. The summed E-state index contributed by atoms with van der Waals surface area (Å²) in [4.78, 5) is 16.2. The molecule has 0 saturated carbocycles. The third-order valence-electron chi connectivity index (χ3n) is 4.94. The fourth-order valence-corrected chi connectivity index (χ4v) is 3.42. The number of carbonyl (C=O) groups excluding carboxylic acids is 1. The van der Waals surface area contributed by atoms with Gasteiger partial charge in [0.1, 0.15) is 5.75 Å². The third-order valence-corrected chi connectivity index (χ3v) is 4.94. The Hall–Kier alpha value is -3.02. The normalized spacial score (nSPS) is 16.1. The topological polar surface area (TPSA) is 74.8 Å². The molecule has 0 aliphatic carbocycles. The van der Waals surface area contributed by atoms with E-state index in [1.165, 1.54) is 11.1 Å². The van der Waals surface area contributed by atoms with Gasteiger partial charge in [0.25, 0.3) is 0 Å². The Morgan fingerprint density at radius 3 is 2.71 bits per heavy atom. The maximum Gasteiger partial charge on any atom is 0.225 e. The lowest BCUT2D eigenvalue weighted by molar-refractivity contribution is -0.116. The monoisotopic (exact) mass is 380 g/mol. The Bertz CT molecular complexity index is 818. The third kappa shape index (κ3) is 5.25. The van der Waals surface area contributed by atoms with Crippen LogP contribution in [0.5, 0.6) is 5.75 Å². The number of benzene rings is 2. The number of aryl methyl sites for hydroxylation is 1. The number of methoxy groups -OCH3 is 1. The highest BCUT2D eigenvalue weighted by molar-refractivity contribution is 5.94. The van der Waals surface area contributed by atoms with Crippen molar-refractivity contribution in [1.82, 2.24) is 10.6 Å². The van der Waals surface area contributed by atoms with Gasteiger partial charge >= 0.3 is 0 Å². The van der Waals surface area contributed by atoms with Crippen molar-refractivity contribution in [3.05, 3.63) is 59.7 Å². The second-order valence-electron chi connectivity index (χ2n) is 6.87. The summed E-state index contributed by atoms with van der Waals surface area (Å²) in [6.07, 6.45) is 2.48. The number of fused-ring (bicyclic) bond motifs is 1. The number of aliphatic imine (C=N–C) groups is 1. The number of carbonyl (C=O) groups is 1. The number of amides is 1. The molecule has 1 atom stereocenters. The molecule has 3 rings (SSSR count). The van der Waals surface area contributed by atoms with Gasteiger partial charge in [-0.15, -0.1) is 0 Å². The number of nitrogens with zero attached hydrogens (tertiary/aromatic N) is 1. The summed E-state index contributed by atoms with van der Waals surface area (Å²) in [6, 6.07) is 16.1. The molecule has 0 bridgehead atoms. The summed E-state index contributed by atoms with van der Waals surface area (Å²) in [7, 11) is 3.44. The Morgan fingerprint density at radius 2 is 1.96 bits per heavy atom. The largest absolute Gasteiger partial charge is 0.497 e. The van der Waals surface area contributed by atoms with E-state index < -0.39 is 0 Å². The van der Waals surface area contributed by atoms with Crippen molar-refractivity contribution < 1.29 is 9.53 Å². The van der Waals surface area contributed by atoms with Gasteiger partial charge < -0.3 is 20.7 Å². The number of rotatable bonds is 7. The zero-order valence-corrected chi connectivity index (χ0v) is 16.5. The first-order valence-electron chi connectivity index (χ1n) is 9.66. The van der Waals surface area contributed by atoms with Crippen molar-refractivity contribution in [2.24, 2.45) is 4.99 Å². The molecular weight excluding hydrogens is 352 g/mol. The molecule has 0 spiro atoms. The van der Waals surface area contributed by atoms with E-state index in [0.29, 0.717) is 13.0 Å². The van der Waals surface area contributed by atoms with E-state index in [1.807, 2.05) is 30.3 Å². The maximum absolute atomic E-state index is 11.9. The predicted octanol–water partition coefficient (Wildman–Crippen LogP) is 2.92. The summed E-state index contributed by atoms with van der Waals surface area (Å²) in [5, 5.41) is 9.64. The first-order valence-corrected chi connectivity index (χ1v) is 9.66. The van der Waals surface area contributed by atoms with Crippen LogP contribution in [0.1, 0.15) is 29.9 Å². The van der Waals surface area contributed by atoms with Crippen molar-refractivity contribution >= 4 is 17.6 Å². The zero-order chi connectivity index (χ0) is 19.8. The summed E-state index contributed by atoms with van der Waals surface area (Å²) in [5.41, 5.74) is 3.37. The van der Waals surface area contributed by atoms with Crippen LogP contribution in [0.25, 0.3) is 0 Å². The van der Waals surface area contributed by atoms with Gasteiger partial charge in [-0.3, -0.25) is 9.79 Å². The van der Waals surface area contributed by atoms with Crippen molar-refractivity contribution in [2.75, 3.05) is 32.6 Å². The second-order valence-corrected chi connectivity index (χ2v) is 6.87. The zero-order valence-electron chi connectivity index (χ0n) is 16.5. The molecule has 2 aromatic rings. The molecule has 6 nitrogen and oxygen atoms in total. The van der Waals surface area contributed by atoms with Crippen LogP contribution in [0, 0.1) is 0 Å². The average Bonchev–Trinajstić information content (AvgIpc) is 2.73. The van der Waals surface area contributed by atoms with Crippen LogP contribution >= 0.6 is 0 Å². The molecule has 0 radical (unpaired) electrons. The molecule has 0 aromatic heterocycles. The minimum atomic E-state index is 0.0629. The smallest absolute Gasteiger partial charge is 0.225 e. The SMILES string of the molecule is CN=C(NCCCc1ccc(OC)cc1)NCC1CC(=O)Nc2ccccc21. The van der Waals surface area contributed by atoms with Crippen molar-refractivity contribution in [1.29, 1.82) is 0 Å². The number of guanidine groups is 1. The van der Waals surface area contributed by atoms with E-state index in [4.69, 9.17) is 4.74 Å². The number of hydrogen-bond donors (Lipinski definition) is 3. The molecule has 2 aromatic carbocycles. The van der Waals surface area contributed by atoms with E-state index in [0.717, 1.165) is 36.8 Å². The first kappa shape index (κ1) is 19.7. The number of ether oxygens (including phenoxy) is 1. The first-order chi connectivity index (χ1) is 13.7. The van der Waals surface area contributed by atoms with E-state index in [9.17, 15) is 4.79 Å². The quantitative estimate of drug-likeness (QED) is 0.392. The lowest BCUT2D eigenvalue weighted by atomic mass is 9.90. The van der Waals surface area contributed by atoms with Crippen LogP contribution in [-0.2, 0) is 11.2 Å². The van der Waals surface area contributed by atoms with Gasteiger partial charge in [-0.05, 0) is 42.2 Å². The lowest BCUT2D eigenvalue weighted by Crippen LogP contribution is -2.41. The van der Waals surface area contributed by atoms with Crippen LogP contribution in [0.4, 0.5) is 5.69 Å². The van der Waals surface area contributed by atoms with Crippen molar-refractivity contribution in [3.63, 3.8) is 0 Å². The van der Waals surface area contributed by atoms with Gasteiger partial charge in [-0.2, -0.15) is 0 Å². The summed E-state index contributed by atoms with van der Waals surface area (Å²) in [6.45, 7) is 1.50. The van der Waals surface area contributed by atoms with Gasteiger partial charge in [0.15, 0.2) is 5.96 Å². The van der Waals surface area contributed by atoms with Crippen molar-refractivity contribution in [2.45, 2.75) is 25.2 Å². The summed E-state index contributed by atoms with van der Waals surface area (Å²) in [5.74, 6) is 1.85. The Kier molecular flexibility index (Phi) is 6.89. The lowest BCUT2D eigenvalue weighted by Gasteiger charge is -2.26.